The Morgan fingerprint density at radius 1 is 1.83 bits per heavy atom. The molecule has 0 aromatic heterocycles. The van der Waals surface area contributed by atoms with Crippen molar-refractivity contribution in [3.8, 4) is 0 Å². The number of hydrogen-bond donors (Lipinski definition) is 2. The van der Waals surface area contributed by atoms with Gasteiger partial charge in [-0.25, -0.2) is 4.79 Å². The van der Waals surface area contributed by atoms with Crippen LogP contribution < -0.4 is 5.23 Å². The summed E-state index contributed by atoms with van der Waals surface area (Å²) in [5.41, 5.74) is -0.696. The minimum atomic E-state index is -1.38. The van der Waals surface area contributed by atoms with Crippen molar-refractivity contribution in [2.45, 2.75) is 25.8 Å². The minimum absolute atomic E-state index is 0.0972. The fraction of sp³-hybridized carbons (Fsp3) is 0.571. The molecule has 1 unspecified atom stereocenters. The van der Waals surface area contributed by atoms with E-state index in [0.717, 1.165) is 0 Å². The predicted molar refractivity (Wildman–Crippen MR) is 45.8 cm³/mol. The number of hydrogen-bond acceptors (Lipinski definition) is 3. The van der Waals surface area contributed by atoms with E-state index in [2.05, 4.69) is 16.5 Å². The zero-order chi connectivity index (χ0) is 9.78. The Bertz CT molecular complexity index is 189. The summed E-state index contributed by atoms with van der Waals surface area (Å²) in [6.45, 7) is 7.01. The van der Waals surface area contributed by atoms with Gasteiger partial charge < -0.3 is 15.1 Å². The van der Waals surface area contributed by atoms with Gasteiger partial charge in [0.25, 0.3) is 0 Å². The number of nitrogens with one attached hydrogen (secondary N) is 1. The van der Waals surface area contributed by atoms with Crippen molar-refractivity contribution in [2.24, 2.45) is 0 Å². The zero-order valence-electron chi connectivity index (χ0n) is 7.26. The molecule has 0 saturated heterocycles. The first-order valence-electron chi connectivity index (χ1n) is 3.54. The van der Waals surface area contributed by atoms with E-state index in [1.165, 1.54) is 0 Å². The van der Waals surface area contributed by atoms with Crippen LogP contribution in [0.5, 0.6) is 0 Å². The van der Waals surface area contributed by atoms with E-state index in [1.807, 2.05) is 6.92 Å². The monoisotopic (exact) mass is 169 g/mol. The van der Waals surface area contributed by atoms with E-state index in [4.69, 9.17) is 13.1 Å². The smallest absolute Gasteiger partial charge is 0.449 e. The molecule has 1 atom stereocenters. The molecular formula is C7H12BNO3. The van der Waals surface area contributed by atoms with Gasteiger partial charge in [-0.3, -0.25) is 0 Å². The summed E-state index contributed by atoms with van der Waals surface area (Å²) in [6, 6.07) is 0. The highest BCUT2D eigenvalue weighted by atomic mass is 16.7. The maximum absolute atomic E-state index is 10.1. The van der Waals surface area contributed by atoms with Gasteiger partial charge in [0.15, 0.2) is 7.98 Å². The Labute approximate surface area is 73.0 Å². The van der Waals surface area contributed by atoms with E-state index in [-0.39, 0.29) is 5.76 Å². The van der Waals surface area contributed by atoms with Crippen molar-refractivity contribution >= 4 is 14.1 Å². The first-order valence-corrected chi connectivity index (χ1v) is 3.54. The first kappa shape index (κ1) is 11.0. The van der Waals surface area contributed by atoms with E-state index in [1.54, 1.807) is 6.92 Å². The van der Waals surface area contributed by atoms with Crippen molar-refractivity contribution in [2.75, 3.05) is 0 Å². The van der Waals surface area contributed by atoms with Gasteiger partial charge in [-0.05, 0) is 13.3 Å². The summed E-state index contributed by atoms with van der Waals surface area (Å²) in [5, 5.41) is 10.7. The molecule has 12 heavy (non-hydrogen) atoms. The van der Waals surface area contributed by atoms with Gasteiger partial charge in [0, 0.05) is 0 Å². The molecule has 0 aliphatic heterocycles. The second-order valence-corrected chi connectivity index (χ2v) is 2.62. The fourth-order valence-electron chi connectivity index (χ4n) is 0.598. The summed E-state index contributed by atoms with van der Waals surface area (Å²) >= 11 is 0. The third-order valence-corrected chi connectivity index (χ3v) is 1.85. The Balaban J connectivity index is 4.32. The van der Waals surface area contributed by atoms with Crippen LogP contribution in [0.4, 0.5) is 4.79 Å². The quantitative estimate of drug-likeness (QED) is 0.375. The van der Waals surface area contributed by atoms with Crippen molar-refractivity contribution in [3.63, 3.8) is 0 Å². The summed E-state index contributed by atoms with van der Waals surface area (Å²) in [5.74, 6) is 0.0972. The zero-order valence-corrected chi connectivity index (χ0v) is 7.26. The second-order valence-electron chi connectivity index (χ2n) is 2.62. The van der Waals surface area contributed by atoms with Gasteiger partial charge in [0.05, 0.1) is 5.54 Å². The Morgan fingerprint density at radius 3 is 2.58 bits per heavy atom. The third-order valence-electron chi connectivity index (χ3n) is 1.85. The van der Waals surface area contributed by atoms with Gasteiger partial charge in [-0.15, -0.1) is 0 Å². The van der Waals surface area contributed by atoms with Crippen LogP contribution in [0.1, 0.15) is 20.3 Å². The number of ether oxygens (including phenoxy) is 1. The number of rotatable bonds is 4. The molecule has 0 aromatic rings. The van der Waals surface area contributed by atoms with Crippen LogP contribution in [0.3, 0.4) is 0 Å². The van der Waals surface area contributed by atoms with Crippen LogP contribution in [0, 0.1) is 0 Å². The topological polar surface area (TPSA) is 58.6 Å². The molecule has 2 N–H and O–H groups in total. The van der Waals surface area contributed by atoms with Crippen LogP contribution >= 0.6 is 0 Å². The fourth-order valence-corrected chi connectivity index (χ4v) is 0.598. The van der Waals surface area contributed by atoms with Crippen molar-refractivity contribution in [3.05, 3.63) is 12.3 Å². The van der Waals surface area contributed by atoms with Gasteiger partial charge in [0.1, 0.15) is 5.76 Å². The standard InChI is InChI=1S/C7H12BNO3/c1-4-7(3,9-8)5(2)12-6(10)11/h9H,2,4H2,1,3H3,(H,10,11). The molecule has 0 bridgehead atoms. The lowest BCUT2D eigenvalue weighted by Crippen LogP contribution is -2.42. The molecule has 0 aliphatic carbocycles. The van der Waals surface area contributed by atoms with E-state index < -0.39 is 11.7 Å². The molecular weight excluding hydrogens is 157 g/mol. The molecule has 0 amide bonds. The number of carbonyl (C=O) groups is 1. The van der Waals surface area contributed by atoms with Gasteiger partial charge >= 0.3 is 6.16 Å². The normalized spacial score (nSPS) is 14.8. The van der Waals surface area contributed by atoms with E-state index >= 15 is 0 Å². The third kappa shape index (κ3) is 2.58. The Hall–Kier alpha value is -0.965. The maximum Gasteiger partial charge on any atom is 0.511 e. The average Bonchev–Trinajstić information content (AvgIpc) is 2.02. The summed E-state index contributed by atoms with van der Waals surface area (Å²) in [4.78, 5) is 10.1. The molecule has 2 radical (unpaired) electrons. The van der Waals surface area contributed by atoms with Gasteiger partial charge in [-0.1, -0.05) is 13.5 Å². The summed E-state index contributed by atoms with van der Waals surface area (Å²) in [6.07, 6.45) is -0.787. The number of carboxylic acid groups (broad SMARTS) is 1. The highest BCUT2D eigenvalue weighted by Crippen LogP contribution is 2.19. The molecule has 5 heteroatoms. The second kappa shape index (κ2) is 4.16. The molecule has 0 spiro atoms. The Kier molecular flexibility index (Phi) is 3.82. The van der Waals surface area contributed by atoms with Crippen LogP contribution in [0.25, 0.3) is 0 Å². The van der Waals surface area contributed by atoms with Crippen LogP contribution in [-0.2, 0) is 4.74 Å². The molecule has 0 rings (SSSR count). The molecule has 0 saturated carbocycles. The van der Waals surface area contributed by atoms with Crippen LogP contribution in [0.15, 0.2) is 12.3 Å². The summed E-state index contributed by atoms with van der Waals surface area (Å²) < 4.78 is 4.38. The maximum atomic E-state index is 10.1. The molecule has 0 fully saturated rings. The lowest BCUT2D eigenvalue weighted by molar-refractivity contribution is 0.105. The van der Waals surface area contributed by atoms with Crippen LogP contribution in [0.2, 0.25) is 0 Å². The largest absolute Gasteiger partial charge is 0.511 e. The molecule has 0 aromatic carbocycles. The van der Waals surface area contributed by atoms with Crippen LogP contribution in [-0.4, -0.2) is 24.8 Å². The molecule has 66 valence electrons. The van der Waals surface area contributed by atoms with Gasteiger partial charge in [0.2, 0.25) is 0 Å². The molecule has 0 aliphatic rings. The molecule has 4 nitrogen and oxygen atoms in total. The average molecular weight is 169 g/mol. The van der Waals surface area contributed by atoms with Crippen molar-refractivity contribution in [1.29, 1.82) is 0 Å². The first-order chi connectivity index (χ1) is 5.46. The molecule has 0 heterocycles. The van der Waals surface area contributed by atoms with E-state index in [0.29, 0.717) is 6.42 Å². The van der Waals surface area contributed by atoms with Crippen molar-refractivity contribution < 1.29 is 14.6 Å². The SMILES string of the molecule is [B]NC(C)(CC)C(=C)OC(=O)O. The van der Waals surface area contributed by atoms with E-state index in [9.17, 15) is 4.79 Å². The highest BCUT2D eigenvalue weighted by molar-refractivity contribution is 6.05. The Morgan fingerprint density at radius 2 is 2.33 bits per heavy atom. The lowest BCUT2D eigenvalue weighted by atomic mass is 9.94. The predicted octanol–water partition coefficient (Wildman–Crippen LogP) is 1.04. The minimum Gasteiger partial charge on any atom is -0.449 e. The lowest BCUT2D eigenvalue weighted by Gasteiger charge is -2.28. The van der Waals surface area contributed by atoms with Crippen molar-refractivity contribution in [1.82, 2.24) is 5.23 Å². The highest BCUT2D eigenvalue weighted by Gasteiger charge is 2.26. The summed E-state index contributed by atoms with van der Waals surface area (Å²) in [7, 11) is 5.21. The van der Waals surface area contributed by atoms with Gasteiger partial charge in [-0.2, -0.15) is 0 Å².